The third-order valence-electron chi connectivity index (χ3n) is 4.18. The first kappa shape index (κ1) is 16.7. The molecule has 0 bridgehead atoms. The van der Waals surface area contributed by atoms with Gasteiger partial charge in [0.05, 0.1) is 6.20 Å². The van der Waals surface area contributed by atoms with Gasteiger partial charge in [0, 0.05) is 57.1 Å². The Morgan fingerprint density at radius 2 is 2.04 bits per heavy atom. The Labute approximate surface area is 137 Å². The molecule has 1 aliphatic rings. The van der Waals surface area contributed by atoms with Crippen molar-refractivity contribution in [2.24, 2.45) is 7.05 Å². The summed E-state index contributed by atoms with van der Waals surface area (Å²) in [6, 6.07) is 1.21. The molecule has 0 amide bonds. The van der Waals surface area contributed by atoms with Gasteiger partial charge in [0.15, 0.2) is 0 Å². The van der Waals surface area contributed by atoms with E-state index in [1.54, 1.807) is 4.68 Å². The molecule has 0 aliphatic carbocycles. The van der Waals surface area contributed by atoms with E-state index in [-0.39, 0.29) is 6.04 Å². The second kappa shape index (κ2) is 6.39. The lowest BCUT2D eigenvalue weighted by molar-refractivity contribution is -0.141. The Kier molecular flexibility index (Phi) is 4.44. The fourth-order valence-corrected chi connectivity index (χ4v) is 2.90. The third kappa shape index (κ3) is 3.66. The van der Waals surface area contributed by atoms with Crippen LogP contribution in [0.15, 0.2) is 24.8 Å². The van der Waals surface area contributed by atoms with Crippen molar-refractivity contribution in [1.82, 2.24) is 24.6 Å². The first-order valence-electron chi connectivity index (χ1n) is 7.68. The monoisotopic (exact) mass is 340 g/mol. The lowest BCUT2D eigenvalue weighted by Gasteiger charge is -2.40. The van der Waals surface area contributed by atoms with Gasteiger partial charge in [0.25, 0.3) is 0 Å². The van der Waals surface area contributed by atoms with Crippen molar-refractivity contribution in [3.05, 3.63) is 36.0 Å². The van der Waals surface area contributed by atoms with Crippen molar-refractivity contribution in [2.45, 2.75) is 25.7 Å². The highest BCUT2D eigenvalue weighted by Gasteiger charge is 2.34. The van der Waals surface area contributed by atoms with Crippen LogP contribution >= 0.6 is 0 Å². The van der Waals surface area contributed by atoms with E-state index >= 15 is 0 Å². The number of piperazine rings is 1. The van der Waals surface area contributed by atoms with Crippen molar-refractivity contribution < 1.29 is 13.2 Å². The highest BCUT2D eigenvalue weighted by molar-refractivity contribution is 5.40. The number of alkyl halides is 3. The SMILES string of the molecule is CC1CN(c2cc(C(F)(F)F)ncn2)CCN1Cc1cnn(C)c1. The lowest BCUT2D eigenvalue weighted by atomic mass is 10.1. The van der Waals surface area contributed by atoms with E-state index in [4.69, 9.17) is 0 Å². The molecule has 1 aliphatic heterocycles. The lowest BCUT2D eigenvalue weighted by Crippen LogP contribution is -2.51. The van der Waals surface area contributed by atoms with E-state index in [0.29, 0.717) is 18.9 Å². The van der Waals surface area contributed by atoms with Crippen LogP contribution in [0.4, 0.5) is 19.0 Å². The number of rotatable bonds is 3. The van der Waals surface area contributed by atoms with Crippen LogP contribution in [0.1, 0.15) is 18.2 Å². The van der Waals surface area contributed by atoms with Crippen molar-refractivity contribution in [1.29, 1.82) is 0 Å². The van der Waals surface area contributed by atoms with Crippen LogP contribution in [-0.4, -0.2) is 50.3 Å². The van der Waals surface area contributed by atoms with Gasteiger partial charge in [-0.15, -0.1) is 0 Å². The maximum Gasteiger partial charge on any atom is 0.433 e. The molecule has 2 aromatic heterocycles. The molecule has 0 aromatic carbocycles. The minimum atomic E-state index is -4.45. The van der Waals surface area contributed by atoms with Gasteiger partial charge in [-0.3, -0.25) is 9.58 Å². The molecule has 0 spiro atoms. The van der Waals surface area contributed by atoms with Crippen molar-refractivity contribution >= 4 is 5.82 Å². The van der Waals surface area contributed by atoms with Gasteiger partial charge < -0.3 is 4.90 Å². The molecule has 3 rings (SSSR count). The van der Waals surface area contributed by atoms with Crippen LogP contribution in [0.5, 0.6) is 0 Å². The Balaban J connectivity index is 1.67. The summed E-state index contributed by atoms with van der Waals surface area (Å²) in [7, 11) is 1.87. The van der Waals surface area contributed by atoms with Crippen LogP contribution in [0, 0.1) is 0 Å². The Morgan fingerprint density at radius 3 is 2.67 bits per heavy atom. The molecule has 1 fully saturated rings. The summed E-state index contributed by atoms with van der Waals surface area (Å²) in [5.74, 6) is 0.324. The molecule has 3 heterocycles. The molecular weight excluding hydrogens is 321 g/mol. The predicted molar refractivity (Wildman–Crippen MR) is 82.3 cm³/mol. The molecule has 0 saturated carbocycles. The zero-order valence-electron chi connectivity index (χ0n) is 13.5. The van der Waals surface area contributed by atoms with Crippen molar-refractivity contribution in [2.75, 3.05) is 24.5 Å². The van der Waals surface area contributed by atoms with Crippen molar-refractivity contribution in [3.8, 4) is 0 Å². The van der Waals surface area contributed by atoms with Gasteiger partial charge in [-0.2, -0.15) is 18.3 Å². The second-order valence-electron chi connectivity index (χ2n) is 6.05. The number of hydrogen-bond acceptors (Lipinski definition) is 5. The second-order valence-corrected chi connectivity index (χ2v) is 6.05. The summed E-state index contributed by atoms with van der Waals surface area (Å²) in [6.45, 7) is 4.84. The smallest absolute Gasteiger partial charge is 0.354 e. The number of anilines is 1. The molecule has 0 N–H and O–H groups in total. The maximum atomic E-state index is 12.8. The fraction of sp³-hybridized carbons (Fsp3) is 0.533. The summed E-state index contributed by atoms with van der Waals surface area (Å²) < 4.78 is 40.1. The van der Waals surface area contributed by atoms with E-state index in [1.807, 2.05) is 24.3 Å². The van der Waals surface area contributed by atoms with E-state index in [1.165, 1.54) is 0 Å². The molecule has 1 atom stereocenters. The van der Waals surface area contributed by atoms with Gasteiger partial charge in [-0.1, -0.05) is 0 Å². The van der Waals surface area contributed by atoms with E-state index in [9.17, 15) is 13.2 Å². The number of aryl methyl sites for hydroxylation is 1. The van der Waals surface area contributed by atoms with Crippen molar-refractivity contribution in [3.63, 3.8) is 0 Å². The molecule has 6 nitrogen and oxygen atoms in total. The van der Waals surface area contributed by atoms with Gasteiger partial charge >= 0.3 is 6.18 Å². The maximum absolute atomic E-state index is 12.8. The fourth-order valence-electron chi connectivity index (χ4n) is 2.90. The number of halogens is 3. The molecular formula is C15H19F3N6. The highest BCUT2D eigenvalue weighted by atomic mass is 19.4. The molecule has 9 heteroatoms. The average Bonchev–Trinajstić information content (AvgIpc) is 2.94. The number of hydrogen-bond donors (Lipinski definition) is 0. The molecule has 130 valence electrons. The largest absolute Gasteiger partial charge is 0.433 e. The van der Waals surface area contributed by atoms with Crippen LogP contribution in [0.2, 0.25) is 0 Å². The number of nitrogens with zero attached hydrogens (tertiary/aromatic N) is 6. The van der Waals surface area contributed by atoms with E-state index in [0.717, 1.165) is 31.0 Å². The topological polar surface area (TPSA) is 50.1 Å². The van der Waals surface area contributed by atoms with Gasteiger partial charge in [0.1, 0.15) is 17.8 Å². The molecule has 2 aromatic rings. The standard InChI is InChI=1S/C15H19F3N6/c1-11-7-24(14-5-13(15(16,17)18)19-10-20-14)4-3-23(11)9-12-6-21-22(2)8-12/h5-6,8,10-11H,3-4,7,9H2,1-2H3. The van der Waals surface area contributed by atoms with Gasteiger partial charge in [0.2, 0.25) is 0 Å². The summed E-state index contributed by atoms with van der Waals surface area (Å²) in [5.41, 5.74) is 0.220. The Morgan fingerprint density at radius 1 is 1.25 bits per heavy atom. The summed E-state index contributed by atoms with van der Waals surface area (Å²) >= 11 is 0. The minimum absolute atomic E-state index is 0.197. The van der Waals surface area contributed by atoms with Crippen LogP contribution in [0.25, 0.3) is 0 Å². The zero-order chi connectivity index (χ0) is 17.3. The Bertz CT molecular complexity index is 699. The quantitative estimate of drug-likeness (QED) is 0.855. The molecule has 0 radical (unpaired) electrons. The molecule has 1 saturated heterocycles. The van der Waals surface area contributed by atoms with Crippen LogP contribution in [0.3, 0.4) is 0 Å². The summed E-state index contributed by atoms with van der Waals surface area (Å²) in [6.07, 6.45) is 0.328. The van der Waals surface area contributed by atoms with Gasteiger partial charge in [-0.25, -0.2) is 9.97 Å². The summed E-state index contributed by atoms with van der Waals surface area (Å²) in [4.78, 5) is 11.5. The first-order valence-corrected chi connectivity index (χ1v) is 7.68. The first-order chi connectivity index (χ1) is 11.3. The summed E-state index contributed by atoms with van der Waals surface area (Å²) in [5, 5.41) is 4.16. The normalized spacial score (nSPS) is 19.7. The number of aromatic nitrogens is 4. The molecule has 24 heavy (non-hydrogen) atoms. The minimum Gasteiger partial charge on any atom is -0.354 e. The average molecular weight is 340 g/mol. The predicted octanol–water partition coefficient (Wildman–Crippen LogP) is 1.94. The van der Waals surface area contributed by atoms with Crippen LogP contribution in [-0.2, 0) is 19.8 Å². The zero-order valence-corrected chi connectivity index (χ0v) is 13.5. The van der Waals surface area contributed by atoms with Gasteiger partial charge in [-0.05, 0) is 6.92 Å². The molecule has 1 unspecified atom stereocenters. The van der Waals surface area contributed by atoms with E-state index < -0.39 is 11.9 Å². The van der Waals surface area contributed by atoms with E-state index in [2.05, 4.69) is 26.9 Å². The van der Waals surface area contributed by atoms with Crippen LogP contribution < -0.4 is 4.90 Å². The Hall–Kier alpha value is -2.16. The highest BCUT2D eigenvalue weighted by Crippen LogP contribution is 2.29. The third-order valence-corrected chi connectivity index (χ3v) is 4.18.